The highest BCUT2D eigenvalue weighted by molar-refractivity contribution is 14.1. The Bertz CT molecular complexity index is 1060. The fourth-order valence-electron chi connectivity index (χ4n) is 5.21. The Morgan fingerprint density at radius 2 is 1.85 bits per heavy atom. The van der Waals surface area contributed by atoms with Gasteiger partial charge >= 0.3 is 12.1 Å². The first-order valence-corrected chi connectivity index (χ1v) is 15.9. The van der Waals surface area contributed by atoms with Crippen LogP contribution in [-0.4, -0.2) is 86.6 Å². The van der Waals surface area contributed by atoms with E-state index in [1.807, 2.05) is 20.8 Å². The van der Waals surface area contributed by atoms with Crippen molar-refractivity contribution in [2.45, 2.75) is 77.4 Å². The number of rotatable bonds is 11. The molecule has 1 aromatic rings. The molecule has 0 bridgehead atoms. The zero-order valence-electron chi connectivity index (χ0n) is 24.3. The quantitative estimate of drug-likeness (QED) is 0.261. The number of amides is 3. The van der Waals surface area contributed by atoms with Gasteiger partial charge in [0.15, 0.2) is 0 Å². The van der Waals surface area contributed by atoms with Crippen LogP contribution >= 0.6 is 22.6 Å². The van der Waals surface area contributed by atoms with Gasteiger partial charge < -0.3 is 29.7 Å². The SMILES string of the molecule is CC(C)(C)OC(=O)N1CCC(CCC(=O)N2CCC[C@@H](C(=O)N[C@@H](CC(=O)O)c3cncc(OCCI)c3)C2)CC1. The molecule has 12 heteroatoms. The molecule has 0 spiro atoms. The summed E-state index contributed by atoms with van der Waals surface area (Å²) in [7, 11) is 0. The first kappa shape index (κ1) is 32.9. The van der Waals surface area contributed by atoms with E-state index >= 15 is 0 Å². The summed E-state index contributed by atoms with van der Waals surface area (Å²) in [5.74, 6) is -0.790. The number of nitrogens with zero attached hydrogens (tertiary/aromatic N) is 3. The van der Waals surface area contributed by atoms with Crippen LogP contribution in [0.2, 0.25) is 0 Å². The number of carboxylic acid groups (broad SMARTS) is 1. The molecule has 0 saturated carbocycles. The van der Waals surface area contributed by atoms with Gasteiger partial charge in [-0.3, -0.25) is 19.4 Å². The maximum atomic E-state index is 13.2. The van der Waals surface area contributed by atoms with E-state index in [1.165, 1.54) is 0 Å². The van der Waals surface area contributed by atoms with Crippen molar-refractivity contribution < 1.29 is 33.8 Å². The molecule has 2 atom stereocenters. The number of nitrogens with one attached hydrogen (secondary N) is 1. The number of alkyl halides is 1. The van der Waals surface area contributed by atoms with E-state index in [0.717, 1.165) is 23.7 Å². The molecule has 3 heterocycles. The first-order valence-electron chi connectivity index (χ1n) is 14.4. The number of likely N-dealkylation sites (tertiary alicyclic amines) is 2. The number of aliphatic carboxylic acids is 1. The number of piperidine rings is 2. The summed E-state index contributed by atoms with van der Waals surface area (Å²) in [5.41, 5.74) is 0.0413. The Balaban J connectivity index is 1.49. The number of aromatic nitrogens is 1. The number of hydrogen-bond donors (Lipinski definition) is 2. The third-order valence-electron chi connectivity index (χ3n) is 7.36. The van der Waals surface area contributed by atoms with Crippen molar-refractivity contribution in [1.29, 1.82) is 0 Å². The molecule has 0 unspecified atom stereocenters. The molecule has 0 aromatic carbocycles. The second-order valence-corrected chi connectivity index (χ2v) is 12.9. The standard InChI is InChI=1S/C29H43IN4O7/c1-29(2,3)41-28(39)33-12-8-20(9-13-33)6-7-25(35)34-11-4-5-21(19-34)27(38)32-24(16-26(36)37)22-15-23(18-31-17-22)40-14-10-30/h15,17-18,20-21,24H,4-14,16,19H2,1-3H3,(H,32,38)(H,36,37)/t21-,24+/m1/s1. The van der Waals surface area contributed by atoms with E-state index in [1.54, 1.807) is 28.3 Å². The predicted octanol–water partition coefficient (Wildman–Crippen LogP) is 4.19. The molecule has 1 aromatic heterocycles. The molecule has 0 aliphatic carbocycles. The minimum absolute atomic E-state index is 0.0310. The smallest absolute Gasteiger partial charge is 0.410 e. The van der Waals surface area contributed by atoms with Gasteiger partial charge in [0.2, 0.25) is 11.8 Å². The van der Waals surface area contributed by atoms with Gasteiger partial charge in [0, 0.05) is 43.2 Å². The van der Waals surface area contributed by atoms with E-state index in [-0.39, 0.29) is 24.3 Å². The van der Waals surface area contributed by atoms with Crippen LogP contribution in [0.25, 0.3) is 0 Å². The topological polar surface area (TPSA) is 138 Å². The molecule has 2 aliphatic heterocycles. The summed E-state index contributed by atoms with van der Waals surface area (Å²) in [6, 6.07) is 0.954. The number of carbonyl (C=O) groups excluding carboxylic acids is 3. The average Bonchev–Trinajstić information content (AvgIpc) is 2.93. The summed E-state index contributed by atoms with van der Waals surface area (Å²) in [4.78, 5) is 57.8. The minimum Gasteiger partial charge on any atom is -0.491 e. The van der Waals surface area contributed by atoms with Gasteiger partial charge in [-0.2, -0.15) is 0 Å². The second-order valence-electron chi connectivity index (χ2n) is 11.8. The van der Waals surface area contributed by atoms with Crippen molar-refractivity contribution in [2.24, 2.45) is 11.8 Å². The van der Waals surface area contributed by atoms with Crippen molar-refractivity contribution in [3.05, 3.63) is 24.0 Å². The van der Waals surface area contributed by atoms with Gasteiger partial charge in [-0.25, -0.2) is 4.79 Å². The Kier molecular flexibility index (Phi) is 12.5. The Labute approximate surface area is 255 Å². The molecule has 3 amide bonds. The molecule has 2 saturated heterocycles. The summed E-state index contributed by atoms with van der Waals surface area (Å²) < 4.78 is 11.9. The van der Waals surface area contributed by atoms with Gasteiger partial charge in [-0.1, -0.05) is 22.6 Å². The minimum atomic E-state index is -1.04. The fourth-order valence-corrected chi connectivity index (χ4v) is 5.43. The zero-order valence-corrected chi connectivity index (χ0v) is 26.4. The number of ether oxygens (including phenoxy) is 2. The molecule has 228 valence electrons. The van der Waals surface area contributed by atoms with Gasteiger partial charge in [-0.15, -0.1) is 0 Å². The number of pyridine rings is 1. The van der Waals surface area contributed by atoms with Gasteiger partial charge in [0.1, 0.15) is 11.4 Å². The maximum Gasteiger partial charge on any atom is 0.410 e. The van der Waals surface area contributed by atoms with E-state index < -0.39 is 23.5 Å². The van der Waals surface area contributed by atoms with Gasteiger partial charge in [0.25, 0.3) is 0 Å². The van der Waals surface area contributed by atoms with Crippen LogP contribution in [0.5, 0.6) is 5.75 Å². The molecule has 2 aliphatic rings. The Morgan fingerprint density at radius 3 is 2.51 bits per heavy atom. The zero-order chi connectivity index (χ0) is 30.0. The summed E-state index contributed by atoms with van der Waals surface area (Å²) in [6.07, 6.45) is 6.70. The van der Waals surface area contributed by atoms with Crippen LogP contribution in [0.3, 0.4) is 0 Å². The van der Waals surface area contributed by atoms with Crippen molar-refractivity contribution >= 4 is 46.5 Å². The first-order chi connectivity index (χ1) is 19.4. The van der Waals surface area contributed by atoms with Crippen LogP contribution < -0.4 is 10.1 Å². The normalized spacial score (nSPS) is 18.9. The molecule has 41 heavy (non-hydrogen) atoms. The van der Waals surface area contributed by atoms with Crippen LogP contribution in [-0.2, 0) is 19.1 Å². The number of halogens is 1. The highest BCUT2D eigenvalue weighted by Crippen LogP contribution is 2.26. The van der Waals surface area contributed by atoms with Gasteiger partial charge in [0.05, 0.1) is 31.2 Å². The lowest BCUT2D eigenvalue weighted by atomic mass is 9.91. The van der Waals surface area contributed by atoms with Crippen molar-refractivity contribution in [1.82, 2.24) is 20.1 Å². The van der Waals surface area contributed by atoms with Gasteiger partial charge in [-0.05, 0) is 70.4 Å². The van der Waals surface area contributed by atoms with Crippen molar-refractivity contribution in [3.63, 3.8) is 0 Å². The Hall–Kier alpha value is -2.64. The van der Waals surface area contributed by atoms with Crippen LogP contribution in [0.4, 0.5) is 4.79 Å². The predicted molar refractivity (Wildman–Crippen MR) is 161 cm³/mol. The summed E-state index contributed by atoms with van der Waals surface area (Å²) in [6.45, 7) is 8.24. The molecular formula is C29H43IN4O7. The lowest BCUT2D eigenvalue weighted by Gasteiger charge is -2.35. The van der Waals surface area contributed by atoms with Crippen molar-refractivity contribution in [3.8, 4) is 5.75 Å². The largest absolute Gasteiger partial charge is 0.491 e. The van der Waals surface area contributed by atoms with Crippen LogP contribution in [0, 0.1) is 11.8 Å². The third kappa shape index (κ3) is 10.9. The number of carbonyl (C=O) groups is 4. The second kappa shape index (κ2) is 15.5. The molecule has 0 radical (unpaired) electrons. The Morgan fingerprint density at radius 1 is 1.12 bits per heavy atom. The highest BCUT2D eigenvalue weighted by atomic mass is 127. The monoisotopic (exact) mass is 686 g/mol. The average molecular weight is 687 g/mol. The molecule has 3 rings (SSSR count). The molecule has 11 nitrogen and oxygen atoms in total. The number of hydrogen-bond acceptors (Lipinski definition) is 7. The lowest BCUT2D eigenvalue weighted by Crippen LogP contribution is -2.46. The van der Waals surface area contributed by atoms with E-state index in [9.17, 15) is 24.3 Å². The fraction of sp³-hybridized carbons (Fsp3) is 0.690. The molecule has 2 N–H and O–H groups in total. The van der Waals surface area contributed by atoms with E-state index in [2.05, 4.69) is 32.9 Å². The molecular weight excluding hydrogens is 643 g/mol. The third-order valence-corrected chi connectivity index (χ3v) is 7.80. The maximum absolute atomic E-state index is 13.2. The summed E-state index contributed by atoms with van der Waals surface area (Å²) in [5, 5.41) is 12.4. The van der Waals surface area contributed by atoms with Crippen LogP contribution in [0.15, 0.2) is 18.5 Å². The van der Waals surface area contributed by atoms with Crippen LogP contribution in [0.1, 0.15) is 77.3 Å². The summed E-state index contributed by atoms with van der Waals surface area (Å²) >= 11 is 2.20. The van der Waals surface area contributed by atoms with E-state index in [0.29, 0.717) is 69.3 Å². The highest BCUT2D eigenvalue weighted by Gasteiger charge is 2.32. The lowest BCUT2D eigenvalue weighted by molar-refractivity contribution is -0.138. The molecule has 2 fully saturated rings. The van der Waals surface area contributed by atoms with E-state index in [4.69, 9.17) is 9.47 Å². The number of carboxylic acids is 1. The van der Waals surface area contributed by atoms with Crippen molar-refractivity contribution in [2.75, 3.05) is 37.2 Å².